The summed E-state index contributed by atoms with van der Waals surface area (Å²) in [7, 11) is -0.810. The number of aliphatic hydroxyl groups excluding tert-OH is 1. The molecule has 0 bridgehead atoms. The van der Waals surface area contributed by atoms with Crippen LogP contribution in [0.3, 0.4) is 0 Å². The largest absolute Gasteiger partial charge is 0.487 e. The topological polar surface area (TPSA) is 109 Å². The van der Waals surface area contributed by atoms with Crippen LogP contribution in [0.2, 0.25) is 0 Å². The van der Waals surface area contributed by atoms with Crippen molar-refractivity contribution in [2.24, 2.45) is 5.92 Å². The van der Waals surface area contributed by atoms with E-state index in [2.05, 4.69) is 4.98 Å². The maximum absolute atomic E-state index is 13.5. The molecule has 1 N–H and O–H groups in total. The van der Waals surface area contributed by atoms with E-state index >= 15 is 0 Å². The van der Waals surface area contributed by atoms with Crippen LogP contribution in [-0.2, 0) is 19.6 Å². The first-order valence-corrected chi connectivity index (χ1v) is 12.2. The number of sulfonamides is 1. The number of aromatic nitrogens is 1. The van der Waals surface area contributed by atoms with Gasteiger partial charge in [-0.25, -0.2) is 8.42 Å². The number of hydrogen-bond donors (Lipinski definition) is 1. The molecule has 0 saturated heterocycles. The molecule has 0 spiro atoms. The maximum Gasteiger partial charge on any atom is 0.248 e. The number of ether oxygens (including phenoxy) is 2. The van der Waals surface area contributed by atoms with Gasteiger partial charge in [0.2, 0.25) is 15.9 Å². The summed E-state index contributed by atoms with van der Waals surface area (Å²) < 4.78 is 39.6. The molecule has 1 aromatic heterocycles. The molecule has 0 aliphatic carbocycles. The quantitative estimate of drug-likeness (QED) is 0.645. The first kappa shape index (κ1) is 25.1. The van der Waals surface area contributed by atoms with Gasteiger partial charge in [-0.2, -0.15) is 4.31 Å². The Kier molecular flexibility index (Phi) is 8.06. The van der Waals surface area contributed by atoms with E-state index in [1.807, 2.05) is 19.1 Å². The summed E-state index contributed by atoms with van der Waals surface area (Å²) >= 11 is 0. The van der Waals surface area contributed by atoms with Gasteiger partial charge in [-0.05, 0) is 42.3 Å². The van der Waals surface area contributed by atoms with Crippen LogP contribution < -0.4 is 4.74 Å². The number of nitrogens with zero attached hydrogens (tertiary/aromatic N) is 3. The van der Waals surface area contributed by atoms with E-state index in [0.717, 1.165) is 11.1 Å². The van der Waals surface area contributed by atoms with Crippen LogP contribution in [0.5, 0.6) is 5.75 Å². The third kappa shape index (κ3) is 5.52. The number of carbonyl (C=O) groups excluding carboxylic acids is 1. The summed E-state index contributed by atoms with van der Waals surface area (Å²) in [5, 5.41) is 9.74. The normalized spacial score (nSPS) is 21.2. The van der Waals surface area contributed by atoms with Gasteiger partial charge in [0.05, 0.1) is 13.2 Å². The number of likely N-dealkylation sites (N-methyl/N-ethyl adjacent to an activating group) is 1. The second-order valence-corrected chi connectivity index (χ2v) is 10.2. The van der Waals surface area contributed by atoms with Gasteiger partial charge in [0, 0.05) is 45.1 Å². The van der Waals surface area contributed by atoms with Crippen LogP contribution >= 0.6 is 0 Å². The van der Waals surface area contributed by atoms with Crippen LogP contribution in [0, 0.1) is 5.92 Å². The van der Waals surface area contributed by atoms with E-state index in [1.165, 1.54) is 22.4 Å². The van der Waals surface area contributed by atoms with Crippen LogP contribution in [0.25, 0.3) is 11.1 Å². The molecule has 2 heterocycles. The third-order valence-corrected chi connectivity index (χ3v) is 7.85. The third-order valence-electron chi connectivity index (χ3n) is 5.83. The van der Waals surface area contributed by atoms with Crippen molar-refractivity contribution in [2.45, 2.75) is 30.9 Å². The lowest BCUT2D eigenvalue weighted by molar-refractivity contribution is -0.135. The smallest absolute Gasteiger partial charge is 0.248 e. The summed E-state index contributed by atoms with van der Waals surface area (Å²) in [6.07, 6.45) is 2.84. The summed E-state index contributed by atoms with van der Waals surface area (Å²) in [5.74, 6) is -0.248. The highest BCUT2D eigenvalue weighted by Crippen LogP contribution is 2.36. The van der Waals surface area contributed by atoms with E-state index in [1.54, 1.807) is 38.5 Å². The van der Waals surface area contributed by atoms with Gasteiger partial charge >= 0.3 is 0 Å². The highest BCUT2D eigenvalue weighted by atomic mass is 32.2. The van der Waals surface area contributed by atoms with Crippen molar-refractivity contribution >= 4 is 15.9 Å². The zero-order valence-corrected chi connectivity index (χ0v) is 20.2. The van der Waals surface area contributed by atoms with Crippen molar-refractivity contribution < 1.29 is 27.8 Å². The number of hydrogen-bond acceptors (Lipinski definition) is 7. The minimum absolute atomic E-state index is 0.0309. The van der Waals surface area contributed by atoms with E-state index in [9.17, 15) is 18.3 Å². The Morgan fingerprint density at radius 1 is 1.30 bits per heavy atom. The van der Waals surface area contributed by atoms with Crippen LogP contribution in [0.4, 0.5) is 0 Å². The van der Waals surface area contributed by atoms with Crippen LogP contribution in [0.15, 0.2) is 47.6 Å². The maximum atomic E-state index is 13.5. The first-order chi connectivity index (χ1) is 15.7. The zero-order chi connectivity index (χ0) is 24.2. The highest BCUT2D eigenvalue weighted by Gasteiger charge is 2.38. The predicted molar refractivity (Wildman–Crippen MR) is 123 cm³/mol. The standard InChI is InChI=1S/C23H31N3O6S/c1-16-12-26(17(2)14-27)33(29,30)22-6-5-19(18-7-9-24-10-8-18)11-20(22)32-21(16)13-25(3)23(28)15-31-4/h5-11,16-17,21,27H,12-15H2,1-4H3/t16-,17-,21+/m1/s1. The Bertz CT molecular complexity index is 1060. The SMILES string of the molecule is COCC(=O)N(C)C[C@@H]1Oc2cc(-c3ccncc3)ccc2S(=O)(=O)N([C@H](C)CO)C[C@H]1C. The monoisotopic (exact) mass is 477 g/mol. The molecule has 1 aliphatic rings. The predicted octanol–water partition coefficient (Wildman–Crippen LogP) is 1.62. The lowest BCUT2D eigenvalue weighted by Gasteiger charge is -2.37. The van der Waals surface area contributed by atoms with Crippen molar-refractivity contribution in [3.05, 3.63) is 42.7 Å². The van der Waals surface area contributed by atoms with Gasteiger partial charge in [-0.3, -0.25) is 9.78 Å². The van der Waals surface area contributed by atoms with Gasteiger partial charge in [-0.15, -0.1) is 0 Å². The summed E-state index contributed by atoms with van der Waals surface area (Å²) in [6, 6.07) is 8.01. The molecule has 1 aromatic carbocycles. The molecule has 1 amide bonds. The summed E-state index contributed by atoms with van der Waals surface area (Å²) in [4.78, 5) is 17.9. The Morgan fingerprint density at radius 2 is 2.00 bits per heavy atom. The minimum atomic E-state index is -3.93. The molecule has 0 saturated carbocycles. The molecule has 33 heavy (non-hydrogen) atoms. The van der Waals surface area contributed by atoms with Gasteiger partial charge in [0.25, 0.3) is 0 Å². The van der Waals surface area contributed by atoms with Crippen molar-refractivity contribution in [1.29, 1.82) is 0 Å². The van der Waals surface area contributed by atoms with Crippen LogP contribution in [0.1, 0.15) is 13.8 Å². The fraction of sp³-hybridized carbons (Fsp3) is 0.478. The molecule has 10 heteroatoms. The number of aliphatic hydroxyl groups is 1. The number of pyridine rings is 1. The molecule has 1 aliphatic heterocycles. The fourth-order valence-corrected chi connectivity index (χ4v) is 5.60. The highest BCUT2D eigenvalue weighted by molar-refractivity contribution is 7.89. The van der Waals surface area contributed by atoms with Crippen LogP contribution in [-0.4, -0.2) is 86.2 Å². The second-order valence-electron chi connectivity index (χ2n) is 8.34. The van der Waals surface area contributed by atoms with Crippen molar-refractivity contribution in [3.8, 4) is 16.9 Å². The van der Waals surface area contributed by atoms with Gasteiger partial charge in [-0.1, -0.05) is 13.0 Å². The van der Waals surface area contributed by atoms with E-state index in [-0.39, 0.29) is 48.8 Å². The molecule has 0 radical (unpaired) electrons. The molecule has 2 aromatic rings. The van der Waals surface area contributed by atoms with Gasteiger partial charge in [0.15, 0.2) is 0 Å². The molecule has 3 atom stereocenters. The number of methoxy groups -OCH3 is 1. The molecular weight excluding hydrogens is 446 g/mol. The summed E-state index contributed by atoms with van der Waals surface area (Å²) in [6.45, 7) is 3.58. The van der Waals surface area contributed by atoms with E-state index in [0.29, 0.717) is 0 Å². The zero-order valence-electron chi connectivity index (χ0n) is 19.3. The number of benzene rings is 1. The Hall–Kier alpha value is -2.53. The van der Waals surface area contributed by atoms with Crippen molar-refractivity contribution in [2.75, 3.05) is 40.5 Å². The molecule has 180 valence electrons. The van der Waals surface area contributed by atoms with Crippen molar-refractivity contribution in [1.82, 2.24) is 14.2 Å². The Morgan fingerprint density at radius 3 is 2.64 bits per heavy atom. The molecule has 9 nitrogen and oxygen atoms in total. The summed E-state index contributed by atoms with van der Waals surface area (Å²) in [5.41, 5.74) is 1.65. The lowest BCUT2D eigenvalue weighted by atomic mass is 10.0. The van der Waals surface area contributed by atoms with E-state index in [4.69, 9.17) is 9.47 Å². The first-order valence-electron chi connectivity index (χ1n) is 10.8. The molecule has 3 rings (SSSR count). The van der Waals surface area contributed by atoms with Gasteiger partial charge in [0.1, 0.15) is 23.4 Å². The number of carbonyl (C=O) groups is 1. The van der Waals surface area contributed by atoms with Gasteiger partial charge < -0.3 is 19.5 Å². The number of amides is 1. The Labute approximate surface area is 195 Å². The molecule has 0 unspecified atom stereocenters. The lowest BCUT2D eigenvalue weighted by Crippen LogP contribution is -2.50. The average molecular weight is 478 g/mol. The number of rotatable bonds is 7. The Balaban J connectivity index is 2.08. The number of fused-ring (bicyclic) bond motifs is 1. The molecule has 0 fully saturated rings. The molecular formula is C23H31N3O6S. The van der Waals surface area contributed by atoms with E-state index < -0.39 is 22.2 Å². The second kappa shape index (κ2) is 10.6. The van der Waals surface area contributed by atoms with Crippen molar-refractivity contribution in [3.63, 3.8) is 0 Å². The minimum Gasteiger partial charge on any atom is -0.487 e. The fourth-order valence-electron chi connectivity index (χ4n) is 3.77. The average Bonchev–Trinajstić information content (AvgIpc) is 2.81.